The van der Waals surface area contributed by atoms with Crippen molar-refractivity contribution in [2.75, 3.05) is 7.11 Å². The molecular formula is C6H8N2O3. The van der Waals surface area contributed by atoms with E-state index in [1.54, 1.807) is 0 Å². The maximum absolute atomic E-state index is 10.8. The lowest BCUT2D eigenvalue weighted by atomic mass is 10.2. The number of hydrogen-bond acceptors (Lipinski definition) is 5. The molecule has 0 aromatic carbocycles. The van der Waals surface area contributed by atoms with Gasteiger partial charge in [0.2, 0.25) is 0 Å². The summed E-state index contributed by atoms with van der Waals surface area (Å²) in [5.74, 6) is -0.582. The number of aliphatic imine (C=N–C) groups is 1. The van der Waals surface area contributed by atoms with Gasteiger partial charge in [-0.3, -0.25) is 0 Å². The van der Waals surface area contributed by atoms with Gasteiger partial charge < -0.3 is 15.2 Å². The molecule has 11 heavy (non-hydrogen) atoms. The average Bonchev–Trinajstić information content (AvgIpc) is 2.04. The third kappa shape index (κ3) is 1.56. The maximum atomic E-state index is 10.8. The first-order chi connectivity index (χ1) is 5.25. The lowest BCUT2D eigenvalue weighted by Crippen LogP contribution is -2.25. The molecule has 0 bridgehead atoms. The molecule has 0 radical (unpaired) electrons. The minimum atomic E-state index is -1.11. The number of ether oxygens (including phenoxy) is 1. The number of methoxy groups -OCH3 is 1. The molecule has 0 unspecified atom stereocenters. The quantitative estimate of drug-likeness (QED) is 0.477. The van der Waals surface area contributed by atoms with Crippen molar-refractivity contribution in [3.8, 4) is 0 Å². The van der Waals surface area contributed by atoms with Gasteiger partial charge in [-0.1, -0.05) is 0 Å². The molecule has 0 aromatic heterocycles. The topological polar surface area (TPSA) is 70.9 Å². The monoisotopic (exact) mass is 156 g/mol. The van der Waals surface area contributed by atoms with Gasteiger partial charge in [0.05, 0.1) is 13.4 Å². The Morgan fingerprint density at radius 1 is 1.91 bits per heavy atom. The van der Waals surface area contributed by atoms with Crippen LogP contribution in [0, 0.1) is 0 Å². The van der Waals surface area contributed by atoms with E-state index >= 15 is 0 Å². The molecular weight excluding hydrogens is 148 g/mol. The third-order valence-electron chi connectivity index (χ3n) is 1.23. The van der Waals surface area contributed by atoms with Crippen LogP contribution in [0.5, 0.6) is 0 Å². The molecule has 0 saturated heterocycles. The summed E-state index contributed by atoms with van der Waals surface area (Å²) in [6.07, 6.45) is 1.55. The molecule has 1 aliphatic rings. The summed E-state index contributed by atoms with van der Waals surface area (Å²) in [5, 5.41) is 11.6. The highest BCUT2D eigenvalue weighted by molar-refractivity contribution is 5.90. The molecule has 0 amide bonds. The predicted octanol–water partition coefficient (Wildman–Crippen LogP) is -1.01. The molecule has 0 aliphatic carbocycles. The first-order valence-electron chi connectivity index (χ1n) is 3.00. The van der Waals surface area contributed by atoms with Crippen LogP contribution < -0.4 is 5.32 Å². The molecule has 0 saturated carbocycles. The Hall–Kier alpha value is -1.36. The zero-order valence-electron chi connectivity index (χ0n) is 5.94. The molecule has 1 rings (SSSR count). The van der Waals surface area contributed by atoms with Gasteiger partial charge in [-0.2, -0.15) is 0 Å². The molecule has 2 N–H and O–H groups in total. The summed E-state index contributed by atoms with van der Waals surface area (Å²) >= 11 is 0. The lowest BCUT2D eigenvalue weighted by Gasteiger charge is -2.11. The van der Waals surface area contributed by atoms with Crippen LogP contribution in [0.15, 0.2) is 16.8 Å². The van der Waals surface area contributed by atoms with Crippen molar-refractivity contribution in [1.29, 1.82) is 0 Å². The van der Waals surface area contributed by atoms with Gasteiger partial charge >= 0.3 is 5.97 Å². The molecule has 0 fully saturated rings. The number of rotatable bonds is 1. The average molecular weight is 156 g/mol. The minimum Gasteiger partial charge on any atom is -0.465 e. The van der Waals surface area contributed by atoms with E-state index in [1.807, 2.05) is 0 Å². The van der Waals surface area contributed by atoms with Crippen molar-refractivity contribution in [2.45, 2.75) is 6.23 Å². The SMILES string of the molecule is COC(=O)C1=CNC=N[C@@H]1O. The van der Waals surface area contributed by atoms with Gasteiger partial charge in [0.15, 0.2) is 6.23 Å². The third-order valence-corrected chi connectivity index (χ3v) is 1.23. The number of hydrogen-bond donors (Lipinski definition) is 2. The first kappa shape index (κ1) is 7.74. The van der Waals surface area contributed by atoms with E-state index < -0.39 is 12.2 Å². The van der Waals surface area contributed by atoms with Crippen molar-refractivity contribution in [3.63, 3.8) is 0 Å². The van der Waals surface area contributed by atoms with Gasteiger partial charge in [0, 0.05) is 6.20 Å². The second-order valence-electron chi connectivity index (χ2n) is 1.91. The number of esters is 1. The Bertz CT molecular complexity index is 222. The second kappa shape index (κ2) is 3.16. The number of aliphatic hydroxyl groups is 1. The fourth-order valence-corrected chi connectivity index (χ4v) is 0.678. The number of nitrogens with zero attached hydrogens (tertiary/aromatic N) is 1. The van der Waals surface area contributed by atoms with Crippen molar-refractivity contribution in [2.24, 2.45) is 4.99 Å². The van der Waals surface area contributed by atoms with Crippen LogP contribution in [0.25, 0.3) is 0 Å². The molecule has 5 nitrogen and oxygen atoms in total. The van der Waals surface area contributed by atoms with E-state index in [2.05, 4.69) is 15.0 Å². The zero-order chi connectivity index (χ0) is 8.27. The van der Waals surface area contributed by atoms with Crippen molar-refractivity contribution in [1.82, 2.24) is 5.32 Å². The second-order valence-corrected chi connectivity index (χ2v) is 1.91. The fraction of sp³-hybridized carbons (Fsp3) is 0.333. The Morgan fingerprint density at radius 3 is 3.18 bits per heavy atom. The molecule has 0 spiro atoms. The van der Waals surface area contributed by atoms with Gasteiger partial charge in [-0.05, 0) is 0 Å². The standard InChI is InChI=1S/C6H8N2O3/c1-11-6(10)4-2-7-3-8-5(4)9/h2-3,5,9H,1H3,(H,7,8)/t5-/m1/s1. The highest BCUT2D eigenvalue weighted by Crippen LogP contribution is 2.06. The maximum Gasteiger partial charge on any atom is 0.339 e. The van der Waals surface area contributed by atoms with E-state index in [9.17, 15) is 4.79 Å². The predicted molar refractivity (Wildman–Crippen MR) is 37.7 cm³/mol. The van der Waals surface area contributed by atoms with Gasteiger partial charge in [-0.15, -0.1) is 0 Å². The normalized spacial score (nSPS) is 22.0. The molecule has 1 atom stereocenters. The summed E-state index contributed by atoms with van der Waals surface area (Å²) in [6.45, 7) is 0. The summed E-state index contributed by atoms with van der Waals surface area (Å²) < 4.78 is 4.38. The van der Waals surface area contributed by atoms with E-state index in [1.165, 1.54) is 19.6 Å². The van der Waals surface area contributed by atoms with Crippen LogP contribution in [-0.4, -0.2) is 30.8 Å². The molecule has 0 aromatic rings. The van der Waals surface area contributed by atoms with Crippen LogP contribution in [0.4, 0.5) is 0 Å². The molecule has 1 aliphatic heterocycles. The van der Waals surface area contributed by atoms with E-state index in [0.717, 1.165) is 0 Å². The number of carbonyl (C=O) groups excluding carboxylic acids is 1. The van der Waals surface area contributed by atoms with Crippen molar-refractivity contribution in [3.05, 3.63) is 11.8 Å². The van der Waals surface area contributed by atoms with Crippen LogP contribution in [0.3, 0.4) is 0 Å². The first-order valence-corrected chi connectivity index (χ1v) is 3.00. The van der Waals surface area contributed by atoms with Crippen LogP contribution >= 0.6 is 0 Å². The van der Waals surface area contributed by atoms with Gasteiger partial charge in [0.25, 0.3) is 0 Å². The number of aliphatic hydroxyl groups excluding tert-OH is 1. The van der Waals surface area contributed by atoms with E-state index in [-0.39, 0.29) is 5.57 Å². The largest absolute Gasteiger partial charge is 0.465 e. The van der Waals surface area contributed by atoms with E-state index in [0.29, 0.717) is 0 Å². The summed E-state index contributed by atoms with van der Waals surface area (Å²) in [4.78, 5) is 14.3. The number of carbonyl (C=O) groups is 1. The lowest BCUT2D eigenvalue weighted by molar-refractivity contribution is -0.137. The van der Waals surface area contributed by atoms with Gasteiger partial charge in [-0.25, -0.2) is 9.79 Å². The summed E-state index contributed by atoms with van der Waals surface area (Å²) in [7, 11) is 1.24. The van der Waals surface area contributed by atoms with Crippen molar-refractivity contribution < 1.29 is 14.6 Å². The Morgan fingerprint density at radius 2 is 2.64 bits per heavy atom. The Labute approximate surface area is 63.4 Å². The molecule has 1 heterocycles. The van der Waals surface area contributed by atoms with Crippen LogP contribution in [-0.2, 0) is 9.53 Å². The van der Waals surface area contributed by atoms with Crippen molar-refractivity contribution >= 4 is 12.3 Å². The Balaban J connectivity index is 2.71. The fourth-order valence-electron chi connectivity index (χ4n) is 0.678. The number of nitrogens with one attached hydrogen (secondary N) is 1. The van der Waals surface area contributed by atoms with Crippen LogP contribution in [0.1, 0.15) is 0 Å². The smallest absolute Gasteiger partial charge is 0.339 e. The summed E-state index contributed by atoms with van der Waals surface area (Å²) in [5.41, 5.74) is 0.106. The zero-order valence-corrected chi connectivity index (χ0v) is 5.94. The van der Waals surface area contributed by atoms with Gasteiger partial charge in [0.1, 0.15) is 5.57 Å². The highest BCUT2D eigenvalue weighted by Gasteiger charge is 2.19. The molecule has 5 heteroatoms. The minimum absolute atomic E-state index is 0.106. The Kier molecular flexibility index (Phi) is 2.22. The highest BCUT2D eigenvalue weighted by atomic mass is 16.5. The molecule has 60 valence electrons. The summed E-state index contributed by atoms with van der Waals surface area (Å²) in [6, 6.07) is 0. The van der Waals surface area contributed by atoms with Crippen LogP contribution in [0.2, 0.25) is 0 Å². The van der Waals surface area contributed by atoms with E-state index in [4.69, 9.17) is 5.11 Å².